The Morgan fingerprint density at radius 3 is 2.48 bits per heavy atom. The SMILES string of the molecule is CC(C)(C)OC(=O)N1CCN(c2ccc3c(n2)CN(C2CCC(=O)NC2=O)C3=O)CC1. The third kappa shape index (κ3) is 4.33. The minimum atomic E-state index is -0.653. The molecule has 0 aromatic carbocycles. The first-order chi connectivity index (χ1) is 14.6. The Hall–Kier alpha value is -3.17. The number of nitrogens with zero attached hydrogens (tertiary/aromatic N) is 4. The van der Waals surface area contributed by atoms with Crippen molar-refractivity contribution in [2.75, 3.05) is 31.1 Å². The highest BCUT2D eigenvalue weighted by molar-refractivity contribution is 6.05. The molecule has 3 aliphatic rings. The quantitative estimate of drug-likeness (QED) is 0.695. The van der Waals surface area contributed by atoms with Crippen molar-refractivity contribution in [2.45, 2.75) is 51.8 Å². The number of nitrogens with one attached hydrogen (secondary N) is 1. The van der Waals surface area contributed by atoms with E-state index in [4.69, 9.17) is 4.74 Å². The van der Waals surface area contributed by atoms with Crippen molar-refractivity contribution in [2.24, 2.45) is 0 Å². The van der Waals surface area contributed by atoms with Crippen molar-refractivity contribution in [1.82, 2.24) is 20.1 Å². The van der Waals surface area contributed by atoms with Crippen LogP contribution < -0.4 is 10.2 Å². The van der Waals surface area contributed by atoms with Crippen LogP contribution in [-0.4, -0.2) is 76.4 Å². The number of fused-ring (bicyclic) bond motifs is 1. The largest absolute Gasteiger partial charge is 0.444 e. The minimum Gasteiger partial charge on any atom is -0.444 e. The molecule has 166 valence electrons. The van der Waals surface area contributed by atoms with Crippen LogP contribution in [-0.2, 0) is 20.9 Å². The molecular weight excluding hydrogens is 402 g/mol. The number of carbonyl (C=O) groups excluding carboxylic acids is 4. The molecule has 4 heterocycles. The van der Waals surface area contributed by atoms with Gasteiger partial charge < -0.3 is 19.4 Å². The predicted octanol–water partition coefficient (Wildman–Crippen LogP) is 0.900. The number of piperazine rings is 1. The second kappa shape index (κ2) is 7.82. The van der Waals surface area contributed by atoms with Crippen molar-refractivity contribution in [3.63, 3.8) is 0 Å². The second-order valence-corrected chi connectivity index (χ2v) is 9.02. The van der Waals surface area contributed by atoms with Gasteiger partial charge in [-0.25, -0.2) is 9.78 Å². The molecule has 10 heteroatoms. The molecule has 2 saturated heterocycles. The highest BCUT2D eigenvalue weighted by Gasteiger charge is 2.40. The molecule has 0 bridgehead atoms. The van der Waals surface area contributed by atoms with E-state index in [0.29, 0.717) is 43.9 Å². The highest BCUT2D eigenvalue weighted by Crippen LogP contribution is 2.28. The van der Waals surface area contributed by atoms with Gasteiger partial charge in [-0.3, -0.25) is 19.7 Å². The zero-order chi connectivity index (χ0) is 22.3. The molecule has 0 radical (unpaired) electrons. The molecule has 1 N–H and O–H groups in total. The van der Waals surface area contributed by atoms with E-state index in [1.807, 2.05) is 20.8 Å². The summed E-state index contributed by atoms with van der Waals surface area (Å²) in [5.74, 6) is -0.244. The summed E-state index contributed by atoms with van der Waals surface area (Å²) in [7, 11) is 0. The minimum absolute atomic E-state index is 0.219. The average Bonchev–Trinajstić information content (AvgIpc) is 3.02. The average molecular weight is 429 g/mol. The van der Waals surface area contributed by atoms with Crippen molar-refractivity contribution in [1.29, 1.82) is 0 Å². The van der Waals surface area contributed by atoms with Gasteiger partial charge in [0.05, 0.1) is 17.8 Å². The lowest BCUT2D eigenvalue weighted by Crippen LogP contribution is -2.52. The van der Waals surface area contributed by atoms with Crippen LogP contribution in [0.3, 0.4) is 0 Å². The summed E-state index contributed by atoms with van der Waals surface area (Å²) in [6, 6.07) is 2.89. The lowest BCUT2D eigenvalue weighted by atomic mass is 10.0. The summed E-state index contributed by atoms with van der Waals surface area (Å²) in [6.45, 7) is 8.03. The molecule has 2 fully saturated rings. The van der Waals surface area contributed by atoms with Gasteiger partial charge in [0.1, 0.15) is 17.5 Å². The molecular formula is C21H27N5O5. The van der Waals surface area contributed by atoms with Crippen molar-refractivity contribution >= 4 is 29.6 Å². The number of pyridine rings is 1. The van der Waals surface area contributed by atoms with Gasteiger partial charge in [-0.1, -0.05) is 0 Å². The highest BCUT2D eigenvalue weighted by atomic mass is 16.6. The van der Waals surface area contributed by atoms with Crippen LogP contribution in [0.15, 0.2) is 12.1 Å². The zero-order valence-electron chi connectivity index (χ0n) is 18.0. The van der Waals surface area contributed by atoms with E-state index >= 15 is 0 Å². The number of aromatic nitrogens is 1. The van der Waals surface area contributed by atoms with Gasteiger partial charge in [-0.05, 0) is 39.3 Å². The summed E-state index contributed by atoms with van der Waals surface area (Å²) in [4.78, 5) is 58.5. The molecule has 1 aromatic rings. The molecule has 31 heavy (non-hydrogen) atoms. The monoisotopic (exact) mass is 429 g/mol. The second-order valence-electron chi connectivity index (χ2n) is 9.02. The first kappa shape index (κ1) is 21.1. The van der Waals surface area contributed by atoms with E-state index in [0.717, 1.165) is 5.82 Å². The van der Waals surface area contributed by atoms with Crippen LogP contribution in [0.4, 0.5) is 10.6 Å². The molecule has 0 saturated carbocycles. The van der Waals surface area contributed by atoms with Gasteiger partial charge in [0.15, 0.2) is 0 Å². The van der Waals surface area contributed by atoms with E-state index in [2.05, 4.69) is 15.2 Å². The topological polar surface area (TPSA) is 112 Å². The molecule has 1 aromatic heterocycles. The first-order valence-corrected chi connectivity index (χ1v) is 10.5. The van der Waals surface area contributed by atoms with E-state index in [1.54, 1.807) is 17.0 Å². The lowest BCUT2D eigenvalue weighted by molar-refractivity contribution is -0.136. The van der Waals surface area contributed by atoms with Crippen LogP contribution in [0.2, 0.25) is 0 Å². The van der Waals surface area contributed by atoms with E-state index in [9.17, 15) is 19.2 Å². The van der Waals surface area contributed by atoms with E-state index in [-0.39, 0.29) is 30.9 Å². The Morgan fingerprint density at radius 2 is 1.84 bits per heavy atom. The Balaban J connectivity index is 1.41. The van der Waals surface area contributed by atoms with Crippen molar-refractivity contribution in [3.05, 3.63) is 23.4 Å². The lowest BCUT2D eigenvalue weighted by Gasteiger charge is -2.36. The van der Waals surface area contributed by atoms with Gasteiger partial charge in [-0.2, -0.15) is 0 Å². The Labute approximate surface area is 180 Å². The number of imide groups is 1. The number of piperidine rings is 1. The van der Waals surface area contributed by atoms with Gasteiger partial charge in [0.25, 0.3) is 5.91 Å². The first-order valence-electron chi connectivity index (χ1n) is 10.5. The maximum atomic E-state index is 12.8. The zero-order valence-corrected chi connectivity index (χ0v) is 18.0. The number of anilines is 1. The fraction of sp³-hybridized carbons (Fsp3) is 0.571. The number of ether oxygens (including phenoxy) is 1. The maximum Gasteiger partial charge on any atom is 0.410 e. The number of amides is 4. The molecule has 1 unspecified atom stereocenters. The third-order valence-corrected chi connectivity index (χ3v) is 5.61. The summed E-state index contributed by atoms with van der Waals surface area (Å²) in [5, 5.41) is 2.30. The summed E-state index contributed by atoms with van der Waals surface area (Å²) in [5.41, 5.74) is 0.582. The van der Waals surface area contributed by atoms with Crippen molar-refractivity contribution < 1.29 is 23.9 Å². The van der Waals surface area contributed by atoms with E-state index in [1.165, 1.54) is 4.90 Å². The van der Waals surface area contributed by atoms with Crippen LogP contribution in [0.5, 0.6) is 0 Å². The molecule has 1 atom stereocenters. The number of rotatable bonds is 2. The van der Waals surface area contributed by atoms with Gasteiger partial charge in [0, 0.05) is 32.6 Å². The van der Waals surface area contributed by atoms with Gasteiger partial charge in [-0.15, -0.1) is 0 Å². The Bertz CT molecular complexity index is 933. The van der Waals surface area contributed by atoms with Crippen LogP contribution >= 0.6 is 0 Å². The van der Waals surface area contributed by atoms with Gasteiger partial charge >= 0.3 is 6.09 Å². The number of hydrogen-bond acceptors (Lipinski definition) is 7. The molecule has 0 spiro atoms. The number of carbonyl (C=O) groups is 4. The van der Waals surface area contributed by atoms with Crippen LogP contribution in [0.1, 0.15) is 49.7 Å². The summed E-state index contributed by atoms with van der Waals surface area (Å²) < 4.78 is 5.43. The predicted molar refractivity (Wildman–Crippen MR) is 110 cm³/mol. The summed E-state index contributed by atoms with van der Waals surface area (Å²) >= 11 is 0. The third-order valence-electron chi connectivity index (χ3n) is 5.61. The Kier molecular flexibility index (Phi) is 5.32. The normalized spacial score (nSPS) is 21.8. The van der Waals surface area contributed by atoms with Gasteiger partial charge in [0.2, 0.25) is 11.8 Å². The van der Waals surface area contributed by atoms with E-state index < -0.39 is 17.6 Å². The Morgan fingerprint density at radius 1 is 1.13 bits per heavy atom. The molecule has 4 amide bonds. The molecule has 10 nitrogen and oxygen atoms in total. The van der Waals surface area contributed by atoms with Crippen LogP contribution in [0, 0.1) is 0 Å². The smallest absolute Gasteiger partial charge is 0.410 e. The standard InChI is InChI=1S/C21H27N5O5/c1-21(2,3)31-20(30)25-10-8-24(9-11-25)16-6-4-13-14(22-16)12-26(19(13)29)15-5-7-17(27)23-18(15)28/h4,6,15H,5,7-12H2,1-3H3,(H,23,27,28). The maximum absolute atomic E-state index is 12.8. The summed E-state index contributed by atoms with van der Waals surface area (Å²) in [6.07, 6.45) is 0.223. The van der Waals surface area contributed by atoms with Crippen molar-refractivity contribution in [3.8, 4) is 0 Å². The number of hydrogen-bond donors (Lipinski definition) is 1. The van der Waals surface area contributed by atoms with Crippen LogP contribution in [0.25, 0.3) is 0 Å². The fourth-order valence-electron chi connectivity index (χ4n) is 4.04. The molecule has 4 rings (SSSR count). The molecule has 0 aliphatic carbocycles. The molecule has 3 aliphatic heterocycles. The fourth-order valence-corrected chi connectivity index (χ4v) is 4.04.